The Labute approximate surface area is 138 Å². The lowest BCUT2D eigenvalue weighted by atomic mass is 9.75. The van der Waals surface area contributed by atoms with E-state index in [1.165, 1.54) is 7.11 Å². The van der Waals surface area contributed by atoms with Crippen LogP contribution in [0, 0.1) is 6.92 Å². The third-order valence-electron chi connectivity index (χ3n) is 5.66. The van der Waals surface area contributed by atoms with Crippen LogP contribution in [0.2, 0.25) is 0 Å². The minimum Gasteiger partial charge on any atom is -0.468 e. The predicted octanol–water partition coefficient (Wildman–Crippen LogP) is 2.50. The Bertz CT molecular complexity index is 630. The third kappa shape index (κ3) is 2.50. The van der Waals surface area contributed by atoms with Gasteiger partial charge in [-0.15, -0.1) is 0 Å². The van der Waals surface area contributed by atoms with Gasteiger partial charge in [0, 0.05) is 0 Å². The van der Waals surface area contributed by atoms with Crippen LogP contribution in [-0.2, 0) is 24.3 Å². The Morgan fingerprint density at radius 1 is 1.13 bits per heavy atom. The molecule has 0 aromatic heterocycles. The minimum atomic E-state index is -0.437. The number of methoxy groups -OCH3 is 1. The highest BCUT2D eigenvalue weighted by atomic mass is 16.7. The molecule has 0 atom stereocenters. The smallest absolute Gasteiger partial charge is 0.468 e. The molecule has 1 saturated carbocycles. The van der Waals surface area contributed by atoms with E-state index in [0.29, 0.717) is 0 Å². The summed E-state index contributed by atoms with van der Waals surface area (Å²) in [5.74, 6) is -0.139. The molecule has 0 bridgehead atoms. The van der Waals surface area contributed by atoms with E-state index < -0.39 is 5.41 Å². The summed E-state index contributed by atoms with van der Waals surface area (Å²) in [6.45, 7) is 10.2. The molecule has 0 N–H and O–H groups in total. The summed E-state index contributed by atoms with van der Waals surface area (Å²) in [4.78, 5) is 12.0. The zero-order chi connectivity index (χ0) is 17.0. The standard InChI is InChI=1S/C18H25BO4/c1-12-11-13(18(9-10-18)15(20)21-6)7-8-14(12)19-22-16(2,3)17(4,5)23-19/h7-8,11H,9-10H2,1-6H3. The summed E-state index contributed by atoms with van der Waals surface area (Å²) in [5, 5.41) is 0. The molecule has 1 aliphatic heterocycles. The minimum absolute atomic E-state index is 0.139. The average molecular weight is 316 g/mol. The van der Waals surface area contributed by atoms with Crippen molar-refractivity contribution in [2.45, 2.75) is 64.1 Å². The highest BCUT2D eigenvalue weighted by molar-refractivity contribution is 6.62. The lowest BCUT2D eigenvalue weighted by Gasteiger charge is -2.32. The fourth-order valence-corrected chi connectivity index (χ4v) is 3.14. The van der Waals surface area contributed by atoms with Crippen molar-refractivity contribution in [1.29, 1.82) is 0 Å². The second-order valence-corrected chi connectivity index (χ2v) is 7.73. The largest absolute Gasteiger partial charge is 0.495 e. The first-order valence-corrected chi connectivity index (χ1v) is 8.18. The molecule has 0 spiro atoms. The highest BCUT2D eigenvalue weighted by Gasteiger charge is 2.54. The van der Waals surface area contributed by atoms with Crippen molar-refractivity contribution in [3.8, 4) is 0 Å². The molecule has 5 heteroatoms. The van der Waals surface area contributed by atoms with Crippen molar-refractivity contribution in [3.63, 3.8) is 0 Å². The number of rotatable bonds is 3. The van der Waals surface area contributed by atoms with Gasteiger partial charge in [-0.2, -0.15) is 0 Å². The van der Waals surface area contributed by atoms with Gasteiger partial charge in [-0.1, -0.05) is 23.8 Å². The third-order valence-corrected chi connectivity index (χ3v) is 5.66. The maximum absolute atomic E-state index is 12.0. The van der Waals surface area contributed by atoms with Gasteiger partial charge in [0.05, 0.1) is 23.7 Å². The van der Waals surface area contributed by atoms with E-state index in [4.69, 9.17) is 14.0 Å². The van der Waals surface area contributed by atoms with E-state index >= 15 is 0 Å². The van der Waals surface area contributed by atoms with Gasteiger partial charge in [-0.3, -0.25) is 4.79 Å². The van der Waals surface area contributed by atoms with Crippen molar-refractivity contribution in [2.24, 2.45) is 0 Å². The van der Waals surface area contributed by atoms with Gasteiger partial charge in [0.15, 0.2) is 0 Å². The van der Waals surface area contributed by atoms with E-state index in [9.17, 15) is 4.79 Å². The van der Waals surface area contributed by atoms with Gasteiger partial charge in [0.1, 0.15) is 0 Å². The number of carbonyl (C=O) groups is 1. The quantitative estimate of drug-likeness (QED) is 0.635. The maximum Gasteiger partial charge on any atom is 0.495 e. The zero-order valence-electron chi connectivity index (χ0n) is 14.9. The van der Waals surface area contributed by atoms with Crippen LogP contribution in [0.4, 0.5) is 0 Å². The number of hydrogen-bond donors (Lipinski definition) is 0. The molecule has 1 aliphatic carbocycles. The first-order chi connectivity index (χ1) is 10.6. The van der Waals surface area contributed by atoms with Crippen molar-refractivity contribution < 1.29 is 18.8 Å². The summed E-state index contributed by atoms with van der Waals surface area (Å²) in [7, 11) is 1.08. The molecule has 2 aliphatic rings. The van der Waals surface area contributed by atoms with Gasteiger partial charge < -0.3 is 14.0 Å². The Morgan fingerprint density at radius 3 is 2.13 bits per heavy atom. The van der Waals surface area contributed by atoms with Crippen molar-refractivity contribution >= 4 is 18.6 Å². The van der Waals surface area contributed by atoms with Gasteiger partial charge in [-0.05, 0) is 58.5 Å². The number of hydrogen-bond acceptors (Lipinski definition) is 4. The number of aryl methyl sites for hydroxylation is 1. The van der Waals surface area contributed by atoms with Crippen molar-refractivity contribution in [2.75, 3.05) is 7.11 Å². The molecular formula is C18H25BO4. The van der Waals surface area contributed by atoms with Crippen LogP contribution in [0.25, 0.3) is 0 Å². The average Bonchev–Trinajstić information content (AvgIpc) is 3.22. The summed E-state index contributed by atoms with van der Waals surface area (Å²) in [5.41, 5.74) is 1.99. The Kier molecular flexibility index (Phi) is 3.65. The Balaban J connectivity index is 1.89. The first-order valence-electron chi connectivity index (χ1n) is 8.18. The van der Waals surface area contributed by atoms with Crippen LogP contribution in [0.15, 0.2) is 18.2 Å². The molecule has 1 aromatic carbocycles. The molecule has 3 rings (SSSR count). The predicted molar refractivity (Wildman–Crippen MR) is 89.8 cm³/mol. The van der Waals surface area contributed by atoms with Crippen LogP contribution >= 0.6 is 0 Å². The second kappa shape index (κ2) is 5.08. The van der Waals surface area contributed by atoms with Crippen LogP contribution < -0.4 is 5.46 Å². The lowest BCUT2D eigenvalue weighted by Crippen LogP contribution is -2.41. The molecule has 124 valence electrons. The molecule has 1 aromatic rings. The van der Waals surface area contributed by atoms with Gasteiger partial charge in [0.2, 0.25) is 0 Å². The van der Waals surface area contributed by atoms with Crippen LogP contribution in [0.3, 0.4) is 0 Å². The fourth-order valence-electron chi connectivity index (χ4n) is 3.14. The summed E-state index contributed by atoms with van der Waals surface area (Å²) in [6.07, 6.45) is 1.71. The monoisotopic (exact) mass is 316 g/mol. The molecule has 0 amide bonds. The van der Waals surface area contributed by atoms with Crippen LogP contribution in [-0.4, -0.2) is 31.4 Å². The Hall–Kier alpha value is -1.33. The van der Waals surface area contributed by atoms with E-state index in [-0.39, 0.29) is 24.3 Å². The number of carbonyl (C=O) groups excluding carboxylic acids is 1. The number of benzene rings is 1. The van der Waals surface area contributed by atoms with Gasteiger partial charge >= 0.3 is 13.1 Å². The zero-order valence-corrected chi connectivity index (χ0v) is 14.9. The van der Waals surface area contributed by atoms with E-state index in [0.717, 1.165) is 29.4 Å². The molecular weight excluding hydrogens is 291 g/mol. The normalized spacial score (nSPS) is 23.7. The van der Waals surface area contributed by atoms with E-state index in [1.54, 1.807) is 0 Å². The summed E-state index contributed by atoms with van der Waals surface area (Å²) in [6, 6.07) is 6.11. The molecule has 4 nitrogen and oxygen atoms in total. The van der Waals surface area contributed by atoms with Gasteiger partial charge in [-0.25, -0.2) is 0 Å². The summed E-state index contributed by atoms with van der Waals surface area (Å²) >= 11 is 0. The van der Waals surface area contributed by atoms with Crippen LogP contribution in [0.1, 0.15) is 51.7 Å². The van der Waals surface area contributed by atoms with Crippen molar-refractivity contribution in [1.82, 2.24) is 0 Å². The molecule has 1 saturated heterocycles. The Morgan fingerprint density at radius 2 is 1.70 bits per heavy atom. The lowest BCUT2D eigenvalue weighted by molar-refractivity contribution is -0.143. The van der Waals surface area contributed by atoms with E-state index in [2.05, 4.69) is 6.07 Å². The number of esters is 1. The van der Waals surface area contributed by atoms with Gasteiger partial charge in [0.25, 0.3) is 0 Å². The fraction of sp³-hybridized carbons (Fsp3) is 0.611. The van der Waals surface area contributed by atoms with Crippen LogP contribution in [0.5, 0.6) is 0 Å². The van der Waals surface area contributed by atoms with Crippen molar-refractivity contribution in [3.05, 3.63) is 29.3 Å². The second-order valence-electron chi connectivity index (χ2n) is 7.73. The maximum atomic E-state index is 12.0. The molecule has 2 fully saturated rings. The molecule has 1 heterocycles. The molecule has 0 unspecified atom stereocenters. The topological polar surface area (TPSA) is 44.8 Å². The molecule has 0 radical (unpaired) electrons. The SMILES string of the molecule is COC(=O)C1(c2ccc(B3OC(C)(C)C(C)(C)O3)c(C)c2)CC1. The van der Waals surface area contributed by atoms with E-state index in [1.807, 2.05) is 46.8 Å². The summed E-state index contributed by atoms with van der Waals surface area (Å²) < 4.78 is 17.2. The number of ether oxygens (including phenoxy) is 1. The molecule has 23 heavy (non-hydrogen) atoms. The first kappa shape index (κ1) is 16.5. The highest BCUT2D eigenvalue weighted by Crippen LogP contribution is 2.49.